The molecule has 2 heteroatoms. The van der Waals surface area contributed by atoms with Gasteiger partial charge in [0.2, 0.25) is 0 Å². The smallest absolute Gasteiger partial charge is 0.00493 e. The molecule has 2 saturated carbocycles. The van der Waals surface area contributed by atoms with Gasteiger partial charge in [-0.05, 0) is 51.9 Å². The predicted molar refractivity (Wildman–Crippen MR) is 97.0 cm³/mol. The Morgan fingerprint density at radius 1 is 0.619 bits per heavy atom. The van der Waals surface area contributed by atoms with Gasteiger partial charge in [0.1, 0.15) is 0 Å². The molecule has 0 aromatic rings. The minimum Gasteiger partial charge on any atom is -0.320 e. The summed E-state index contributed by atoms with van der Waals surface area (Å²) in [6.07, 6.45) is 16.2. The molecule has 0 aliphatic heterocycles. The SMILES string of the molecule is CC.CNCCC1CCCC1.CNCCC1CCCCC1. The lowest BCUT2D eigenvalue weighted by atomic mass is 9.87. The van der Waals surface area contributed by atoms with Gasteiger partial charge in [-0.1, -0.05) is 71.6 Å². The average Bonchev–Trinajstić information content (AvgIpc) is 3.08. The van der Waals surface area contributed by atoms with E-state index in [2.05, 4.69) is 10.6 Å². The molecule has 0 unspecified atom stereocenters. The zero-order valence-electron chi connectivity index (χ0n) is 15.3. The van der Waals surface area contributed by atoms with Crippen LogP contribution in [0.3, 0.4) is 0 Å². The van der Waals surface area contributed by atoms with Crippen LogP contribution < -0.4 is 10.6 Å². The number of nitrogens with one attached hydrogen (secondary N) is 2. The minimum atomic E-state index is 1.04. The molecular weight excluding hydrogens is 256 g/mol. The second-order valence-corrected chi connectivity index (χ2v) is 6.44. The lowest BCUT2D eigenvalue weighted by Crippen LogP contribution is -2.15. The van der Waals surface area contributed by atoms with E-state index in [9.17, 15) is 0 Å². The van der Waals surface area contributed by atoms with Crippen molar-refractivity contribution in [1.82, 2.24) is 10.6 Å². The molecule has 128 valence electrons. The number of hydrogen-bond acceptors (Lipinski definition) is 2. The van der Waals surface area contributed by atoms with Gasteiger partial charge in [-0.3, -0.25) is 0 Å². The van der Waals surface area contributed by atoms with Gasteiger partial charge < -0.3 is 10.6 Å². The van der Waals surface area contributed by atoms with Gasteiger partial charge in [-0.15, -0.1) is 0 Å². The molecule has 0 aromatic heterocycles. The Morgan fingerprint density at radius 3 is 1.29 bits per heavy atom. The molecule has 2 rings (SSSR count). The van der Waals surface area contributed by atoms with E-state index in [1.807, 2.05) is 27.9 Å². The molecule has 2 fully saturated rings. The maximum absolute atomic E-state index is 3.21. The maximum atomic E-state index is 3.21. The standard InChI is InChI=1S/C9H19N.C8H17N.C2H6/c1-10-8-7-9-5-3-2-4-6-9;1-9-7-6-8-4-2-3-5-8;1-2/h9-10H,2-8H2,1H3;8-9H,2-7H2,1H3;1-2H3. The first-order chi connectivity index (χ1) is 10.4. The van der Waals surface area contributed by atoms with Gasteiger partial charge in [0.15, 0.2) is 0 Å². The second-order valence-electron chi connectivity index (χ2n) is 6.44. The van der Waals surface area contributed by atoms with Crippen molar-refractivity contribution in [3.8, 4) is 0 Å². The van der Waals surface area contributed by atoms with Crippen LogP contribution in [-0.2, 0) is 0 Å². The van der Waals surface area contributed by atoms with Crippen LogP contribution in [0.4, 0.5) is 0 Å². The molecule has 0 amide bonds. The summed E-state index contributed by atoms with van der Waals surface area (Å²) >= 11 is 0. The fourth-order valence-electron chi connectivity index (χ4n) is 3.47. The van der Waals surface area contributed by atoms with E-state index in [0.29, 0.717) is 0 Å². The van der Waals surface area contributed by atoms with Crippen molar-refractivity contribution in [2.45, 2.75) is 84.5 Å². The number of hydrogen-bond donors (Lipinski definition) is 2. The van der Waals surface area contributed by atoms with Crippen LogP contribution in [0, 0.1) is 11.8 Å². The monoisotopic (exact) mass is 298 g/mol. The Hall–Kier alpha value is -0.0800. The van der Waals surface area contributed by atoms with Crippen LogP contribution in [0.1, 0.15) is 84.5 Å². The molecule has 0 radical (unpaired) electrons. The van der Waals surface area contributed by atoms with Crippen molar-refractivity contribution in [3.63, 3.8) is 0 Å². The van der Waals surface area contributed by atoms with Crippen LogP contribution >= 0.6 is 0 Å². The van der Waals surface area contributed by atoms with Crippen molar-refractivity contribution >= 4 is 0 Å². The molecule has 21 heavy (non-hydrogen) atoms. The summed E-state index contributed by atoms with van der Waals surface area (Å²) in [6, 6.07) is 0. The maximum Gasteiger partial charge on any atom is -0.00493 e. The molecule has 2 aliphatic carbocycles. The van der Waals surface area contributed by atoms with Crippen LogP contribution in [0.25, 0.3) is 0 Å². The molecule has 0 aromatic carbocycles. The van der Waals surface area contributed by atoms with Gasteiger partial charge in [0, 0.05) is 0 Å². The summed E-state index contributed by atoms with van der Waals surface area (Å²) in [5, 5.41) is 6.41. The summed E-state index contributed by atoms with van der Waals surface area (Å²) in [5.41, 5.74) is 0. The van der Waals surface area contributed by atoms with Crippen LogP contribution in [-0.4, -0.2) is 27.2 Å². The quantitative estimate of drug-likeness (QED) is 0.722. The highest BCUT2D eigenvalue weighted by atomic mass is 14.8. The molecule has 2 nitrogen and oxygen atoms in total. The highest BCUT2D eigenvalue weighted by Crippen LogP contribution is 2.27. The lowest BCUT2D eigenvalue weighted by Gasteiger charge is -2.20. The molecule has 2 aliphatic rings. The zero-order chi connectivity index (χ0) is 15.8. The van der Waals surface area contributed by atoms with Crippen molar-refractivity contribution in [1.29, 1.82) is 0 Å². The van der Waals surface area contributed by atoms with Gasteiger partial charge in [0.25, 0.3) is 0 Å². The highest BCUT2D eigenvalue weighted by Gasteiger charge is 2.13. The van der Waals surface area contributed by atoms with E-state index in [4.69, 9.17) is 0 Å². The van der Waals surface area contributed by atoms with E-state index in [1.165, 1.54) is 83.7 Å². The minimum absolute atomic E-state index is 1.04. The third kappa shape index (κ3) is 12.2. The summed E-state index contributed by atoms with van der Waals surface area (Å²) in [6.45, 7) is 6.43. The average molecular weight is 299 g/mol. The summed E-state index contributed by atoms with van der Waals surface area (Å²) in [7, 11) is 4.08. The summed E-state index contributed by atoms with van der Waals surface area (Å²) in [4.78, 5) is 0. The Balaban J connectivity index is 0.000000342. The fourth-order valence-corrected chi connectivity index (χ4v) is 3.47. The molecule has 0 heterocycles. The second kappa shape index (κ2) is 16.3. The first-order valence-corrected chi connectivity index (χ1v) is 9.66. The first-order valence-electron chi connectivity index (χ1n) is 9.66. The third-order valence-corrected chi connectivity index (χ3v) is 4.80. The van der Waals surface area contributed by atoms with Gasteiger partial charge in [-0.25, -0.2) is 0 Å². The largest absolute Gasteiger partial charge is 0.320 e. The van der Waals surface area contributed by atoms with E-state index in [-0.39, 0.29) is 0 Å². The van der Waals surface area contributed by atoms with Crippen molar-refractivity contribution in [2.75, 3.05) is 27.2 Å². The van der Waals surface area contributed by atoms with Crippen LogP contribution in [0.15, 0.2) is 0 Å². The van der Waals surface area contributed by atoms with Crippen LogP contribution in [0.5, 0.6) is 0 Å². The number of rotatable bonds is 6. The molecular formula is C19H42N2. The topological polar surface area (TPSA) is 24.1 Å². The van der Waals surface area contributed by atoms with Crippen molar-refractivity contribution in [2.24, 2.45) is 11.8 Å². The van der Waals surface area contributed by atoms with Crippen LogP contribution in [0.2, 0.25) is 0 Å². The molecule has 0 bridgehead atoms. The third-order valence-electron chi connectivity index (χ3n) is 4.80. The molecule has 0 atom stereocenters. The molecule has 0 spiro atoms. The Bertz CT molecular complexity index is 182. The fraction of sp³-hybridized carbons (Fsp3) is 1.00. The lowest BCUT2D eigenvalue weighted by molar-refractivity contribution is 0.337. The highest BCUT2D eigenvalue weighted by molar-refractivity contribution is 4.67. The Kier molecular flexibility index (Phi) is 16.2. The Labute approximate surface area is 134 Å². The van der Waals surface area contributed by atoms with Gasteiger partial charge >= 0.3 is 0 Å². The first kappa shape index (κ1) is 20.9. The van der Waals surface area contributed by atoms with Gasteiger partial charge in [-0.2, -0.15) is 0 Å². The molecule has 2 N–H and O–H groups in total. The van der Waals surface area contributed by atoms with E-state index in [0.717, 1.165) is 11.8 Å². The van der Waals surface area contributed by atoms with E-state index >= 15 is 0 Å². The molecule has 0 saturated heterocycles. The van der Waals surface area contributed by atoms with Crippen molar-refractivity contribution in [3.05, 3.63) is 0 Å². The van der Waals surface area contributed by atoms with E-state index < -0.39 is 0 Å². The van der Waals surface area contributed by atoms with E-state index in [1.54, 1.807) is 0 Å². The summed E-state index contributed by atoms with van der Waals surface area (Å²) < 4.78 is 0. The van der Waals surface area contributed by atoms with Crippen molar-refractivity contribution < 1.29 is 0 Å². The summed E-state index contributed by atoms with van der Waals surface area (Å²) in [5.74, 6) is 2.10. The zero-order valence-corrected chi connectivity index (χ0v) is 15.3. The van der Waals surface area contributed by atoms with Gasteiger partial charge in [0.05, 0.1) is 0 Å². The predicted octanol–water partition coefficient (Wildman–Crippen LogP) is 4.99. The Morgan fingerprint density at radius 2 is 0.952 bits per heavy atom. The normalized spacial score (nSPS) is 19.4.